The van der Waals surface area contributed by atoms with Crippen LogP contribution in [-0.4, -0.2) is 40.1 Å². The van der Waals surface area contributed by atoms with Crippen LogP contribution in [0.2, 0.25) is 0 Å². The molecule has 0 saturated heterocycles. The summed E-state index contributed by atoms with van der Waals surface area (Å²) in [6.07, 6.45) is -0.941. The maximum absolute atomic E-state index is 12.8. The van der Waals surface area contributed by atoms with Crippen LogP contribution in [0.1, 0.15) is 53.7 Å². The van der Waals surface area contributed by atoms with E-state index in [-0.39, 0.29) is 6.42 Å². The lowest BCUT2D eigenvalue weighted by Gasteiger charge is -2.23. The second-order valence-electron chi connectivity index (χ2n) is 9.01. The lowest BCUT2D eigenvalue weighted by Crippen LogP contribution is -2.45. The Morgan fingerprint density at radius 1 is 1.00 bits per heavy atom. The number of rotatable bonds is 6. The zero-order chi connectivity index (χ0) is 21.8. The van der Waals surface area contributed by atoms with Gasteiger partial charge in [-0.05, 0) is 59.1 Å². The van der Waals surface area contributed by atoms with Crippen LogP contribution < -0.4 is 5.32 Å². The standard InChI is InChI=1S/C22H30N2O5/c1-21(2,3)28-19(26)13-18(25)17(24-20(27)29-22(4,5)6)12-15-11-14-9-7-8-10-16(14)23-15/h7-11,17,23H,12-13H2,1-6H3,(H,24,27)/t17-/m0/s1. The van der Waals surface area contributed by atoms with Gasteiger partial charge in [0.1, 0.15) is 17.6 Å². The van der Waals surface area contributed by atoms with Gasteiger partial charge in [-0.1, -0.05) is 18.2 Å². The number of benzene rings is 1. The van der Waals surface area contributed by atoms with Crippen LogP contribution in [0.3, 0.4) is 0 Å². The first-order valence-electron chi connectivity index (χ1n) is 9.63. The van der Waals surface area contributed by atoms with Crippen LogP contribution in [0, 0.1) is 0 Å². The maximum atomic E-state index is 12.8. The number of H-pyrrole nitrogens is 1. The number of Topliss-reactive ketones (excluding diaryl/α,β-unsaturated/α-hetero) is 1. The van der Waals surface area contributed by atoms with E-state index >= 15 is 0 Å². The molecule has 1 atom stereocenters. The SMILES string of the molecule is CC(C)(C)OC(=O)CC(=O)[C@H](Cc1cc2ccccc2[nH]1)NC(=O)OC(C)(C)C. The molecular weight excluding hydrogens is 372 g/mol. The fourth-order valence-corrected chi connectivity index (χ4v) is 2.80. The van der Waals surface area contributed by atoms with Gasteiger partial charge < -0.3 is 19.8 Å². The minimum atomic E-state index is -0.926. The van der Waals surface area contributed by atoms with Crippen molar-refractivity contribution in [1.29, 1.82) is 0 Å². The summed E-state index contributed by atoms with van der Waals surface area (Å²) in [6, 6.07) is 8.70. The number of fused-ring (bicyclic) bond motifs is 1. The molecule has 2 aromatic rings. The zero-order valence-corrected chi connectivity index (χ0v) is 17.9. The minimum absolute atomic E-state index is 0.204. The van der Waals surface area contributed by atoms with E-state index in [1.165, 1.54) is 0 Å². The topological polar surface area (TPSA) is 97.5 Å². The molecule has 2 rings (SSSR count). The van der Waals surface area contributed by atoms with Gasteiger partial charge in [0.25, 0.3) is 0 Å². The summed E-state index contributed by atoms with van der Waals surface area (Å²) >= 11 is 0. The summed E-state index contributed by atoms with van der Waals surface area (Å²) in [5.74, 6) is -1.07. The van der Waals surface area contributed by atoms with Crippen LogP contribution in [0.15, 0.2) is 30.3 Å². The number of alkyl carbamates (subject to hydrolysis) is 1. The number of hydrogen-bond acceptors (Lipinski definition) is 5. The van der Waals surface area contributed by atoms with E-state index in [1.54, 1.807) is 41.5 Å². The summed E-state index contributed by atoms with van der Waals surface area (Å²) in [5, 5.41) is 3.59. The Kier molecular flexibility index (Phi) is 6.72. The molecule has 0 radical (unpaired) electrons. The third kappa shape index (κ3) is 7.60. The normalized spacial score (nSPS) is 13.0. The highest BCUT2D eigenvalue weighted by atomic mass is 16.6. The molecule has 1 aromatic carbocycles. The van der Waals surface area contributed by atoms with E-state index in [2.05, 4.69) is 10.3 Å². The van der Waals surface area contributed by atoms with Gasteiger partial charge in [0.15, 0.2) is 5.78 Å². The molecule has 0 bridgehead atoms. The predicted octanol–water partition coefficient (Wildman–Crippen LogP) is 3.90. The van der Waals surface area contributed by atoms with Gasteiger partial charge in [-0.2, -0.15) is 0 Å². The molecular formula is C22H30N2O5. The number of ether oxygens (including phenoxy) is 2. The number of carbonyl (C=O) groups excluding carboxylic acids is 3. The molecule has 0 unspecified atom stereocenters. The zero-order valence-electron chi connectivity index (χ0n) is 17.9. The smallest absolute Gasteiger partial charge is 0.408 e. The summed E-state index contributed by atoms with van der Waals surface area (Å²) in [4.78, 5) is 40.3. The van der Waals surface area contributed by atoms with Gasteiger partial charge in [-0.25, -0.2) is 4.79 Å². The molecule has 7 nitrogen and oxygen atoms in total. The Morgan fingerprint density at radius 3 is 2.21 bits per heavy atom. The maximum Gasteiger partial charge on any atom is 0.408 e. The monoisotopic (exact) mass is 402 g/mol. The first kappa shape index (κ1) is 22.5. The molecule has 0 aliphatic carbocycles. The molecule has 0 aliphatic heterocycles. The average Bonchev–Trinajstić information content (AvgIpc) is 2.92. The van der Waals surface area contributed by atoms with Crippen LogP contribution in [-0.2, 0) is 25.5 Å². The largest absolute Gasteiger partial charge is 0.460 e. The molecule has 0 aliphatic rings. The summed E-state index contributed by atoms with van der Waals surface area (Å²) < 4.78 is 10.5. The second-order valence-corrected chi connectivity index (χ2v) is 9.01. The molecule has 1 amide bonds. The van der Waals surface area contributed by atoms with Gasteiger partial charge in [0.05, 0.1) is 6.04 Å². The van der Waals surface area contributed by atoms with Gasteiger partial charge >= 0.3 is 12.1 Å². The Hall–Kier alpha value is -2.83. The lowest BCUT2D eigenvalue weighted by atomic mass is 10.0. The molecule has 29 heavy (non-hydrogen) atoms. The van der Waals surface area contributed by atoms with Crippen molar-refractivity contribution in [3.63, 3.8) is 0 Å². The first-order chi connectivity index (χ1) is 13.3. The van der Waals surface area contributed by atoms with Crippen molar-refractivity contribution in [1.82, 2.24) is 10.3 Å². The summed E-state index contributed by atoms with van der Waals surface area (Å²) in [7, 11) is 0. The van der Waals surface area contributed by atoms with Gasteiger partial charge in [-0.3, -0.25) is 9.59 Å². The number of ketones is 1. The fourth-order valence-electron chi connectivity index (χ4n) is 2.80. The number of aromatic nitrogens is 1. The number of carbonyl (C=O) groups is 3. The number of hydrogen-bond donors (Lipinski definition) is 2. The fraction of sp³-hybridized carbons (Fsp3) is 0.500. The molecule has 1 heterocycles. The molecule has 0 saturated carbocycles. The molecule has 0 fully saturated rings. The third-order valence-electron chi connectivity index (χ3n) is 3.83. The van der Waals surface area contributed by atoms with Crippen molar-refractivity contribution in [2.45, 2.75) is 71.6 Å². The molecule has 1 aromatic heterocycles. The second kappa shape index (κ2) is 8.68. The molecule has 7 heteroatoms. The van der Waals surface area contributed by atoms with Gasteiger partial charge in [0, 0.05) is 17.6 Å². The Balaban J connectivity index is 2.16. The summed E-state index contributed by atoms with van der Waals surface area (Å²) in [6.45, 7) is 10.4. The average molecular weight is 402 g/mol. The van der Waals surface area contributed by atoms with E-state index in [4.69, 9.17) is 9.47 Å². The first-order valence-corrected chi connectivity index (χ1v) is 9.63. The van der Waals surface area contributed by atoms with E-state index in [9.17, 15) is 14.4 Å². The van der Waals surface area contributed by atoms with Gasteiger partial charge in [-0.15, -0.1) is 0 Å². The van der Waals surface area contributed by atoms with E-state index in [0.717, 1.165) is 16.6 Å². The Labute approximate surface area is 171 Å². The lowest BCUT2D eigenvalue weighted by molar-refractivity contribution is -0.156. The van der Waals surface area contributed by atoms with E-state index < -0.39 is 41.5 Å². The predicted molar refractivity (Wildman–Crippen MR) is 111 cm³/mol. The van der Waals surface area contributed by atoms with Crippen molar-refractivity contribution < 1.29 is 23.9 Å². The molecule has 0 spiro atoms. The molecule has 158 valence electrons. The van der Waals surface area contributed by atoms with Gasteiger partial charge in [0.2, 0.25) is 0 Å². The highest BCUT2D eigenvalue weighted by Gasteiger charge is 2.28. The van der Waals surface area contributed by atoms with Crippen molar-refractivity contribution in [2.75, 3.05) is 0 Å². The number of amides is 1. The minimum Gasteiger partial charge on any atom is -0.460 e. The van der Waals surface area contributed by atoms with Crippen LogP contribution in [0.4, 0.5) is 4.79 Å². The van der Waals surface area contributed by atoms with Crippen molar-refractivity contribution in [2.24, 2.45) is 0 Å². The van der Waals surface area contributed by atoms with Crippen LogP contribution in [0.5, 0.6) is 0 Å². The molecule has 2 N–H and O–H groups in total. The third-order valence-corrected chi connectivity index (χ3v) is 3.83. The number of para-hydroxylation sites is 1. The van der Waals surface area contributed by atoms with Crippen LogP contribution >= 0.6 is 0 Å². The number of nitrogens with one attached hydrogen (secondary N) is 2. The van der Waals surface area contributed by atoms with Crippen molar-refractivity contribution >= 4 is 28.7 Å². The Morgan fingerprint density at radius 2 is 1.62 bits per heavy atom. The van der Waals surface area contributed by atoms with E-state index in [1.807, 2.05) is 30.3 Å². The van der Waals surface area contributed by atoms with Crippen LogP contribution in [0.25, 0.3) is 10.9 Å². The van der Waals surface area contributed by atoms with Crippen molar-refractivity contribution in [3.8, 4) is 0 Å². The number of aromatic amines is 1. The summed E-state index contributed by atoms with van der Waals surface area (Å²) in [5.41, 5.74) is 0.301. The Bertz CT molecular complexity index is 853. The highest BCUT2D eigenvalue weighted by Crippen LogP contribution is 2.17. The van der Waals surface area contributed by atoms with E-state index in [0.29, 0.717) is 0 Å². The van der Waals surface area contributed by atoms with Crippen molar-refractivity contribution in [3.05, 3.63) is 36.0 Å². The number of esters is 1. The quantitative estimate of drug-likeness (QED) is 0.564. The highest BCUT2D eigenvalue weighted by molar-refractivity contribution is 6.00.